The molecule has 3 aromatic rings. The first-order valence-electron chi connectivity index (χ1n) is 10.6. The predicted octanol–water partition coefficient (Wildman–Crippen LogP) is 1.48. The molecule has 3 atom stereocenters. The van der Waals surface area contributed by atoms with Gasteiger partial charge in [-0.3, -0.25) is 9.59 Å². The Morgan fingerprint density at radius 3 is 2.33 bits per heavy atom. The summed E-state index contributed by atoms with van der Waals surface area (Å²) in [5, 5.41) is 34.6. The van der Waals surface area contributed by atoms with E-state index in [9.17, 15) is 29.7 Å². The van der Waals surface area contributed by atoms with Crippen molar-refractivity contribution in [1.29, 1.82) is 0 Å². The number of H-pyrrole nitrogens is 1. The minimum absolute atomic E-state index is 0.0542. The summed E-state index contributed by atoms with van der Waals surface area (Å²) in [6.45, 7) is 1.45. The fourth-order valence-electron chi connectivity index (χ4n) is 3.59. The minimum atomic E-state index is -1.22. The normalized spacial score (nSPS) is 13.8. The molecular formula is C24H27N3O6. The minimum Gasteiger partial charge on any atom is -0.508 e. The van der Waals surface area contributed by atoms with Gasteiger partial charge in [-0.15, -0.1) is 0 Å². The maximum absolute atomic E-state index is 13.0. The highest BCUT2D eigenvalue weighted by Crippen LogP contribution is 2.19. The van der Waals surface area contributed by atoms with E-state index in [1.54, 1.807) is 18.3 Å². The number of nitrogens with one attached hydrogen (secondary N) is 3. The summed E-state index contributed by atoms with van der Waals surface area (Å²) in [7, 11) is 0. The van der Waals surface area contributed by atoms with Crippen LogP contribution >= 0.6 is 0 Å². The molecule has 33 heavy (non-hydrogen) atoms. The number of aliphatic carboxylic acids is 1. The van der Waals surface area contributed by atoms with Crippen LogP contribution in [-0.2, 0) is 27.2 Å². The van der Waals surface area contributed by atoms with Crippen molar-refractivity contribution < 1.29 is 29.7 Å². The number of carbonyl (C=O) groups is 3. The molecule has 6 N–H and O–H groups in total. The fraction of sp³-hybridized carbons (Fsp3) is 0.292. The molecule has 9 heteroatoms. The average Bonchev–Trinajstić information content (AvgIpc) is 3.16. The molecule has 0 bridgehead atoms. The number of carboxylic acid groups (broad SMARTS) is 1. The Morgan fingerprint density at radius 1 is 0.970 bits per heavy atom. The predicted molar refractivity (Wildman–Crippen MR) is 122 cm³/mol. The largest absolute Gasteiger partial charge is 0.508 e. The second-order valence-corrected chi connectivity index (χ2v) is 8.01. The molecule has 0 fully saturated rings. The van der Waals surface area contributed by atoms with Crippen LogP contribution in [0.25, 0.3) is 10.9 Å². The molecule has 3 unspecified atom stereocenters. The Bertz CT molecular complexity index is 1120. The van der Waals surface area contributed by atoms with Crippen molar-refractivity contribution in [2.24, 2.45) is 0 Å². The van der Waals surface area contributed by atoms with Crippen molar-refractivity contribution in [1.82, 2.24) is 15.6 Å². The van der Waals surface area contributed by atoms with E-state index in [0.29, 0.717) is 5.56 Å². The van der Waals surface area contributed by atoms with Crippen LogP contribution < -0.4 is 10.6 Å². The summed E-state index contributed by atoms with van der Waals surface area (Å²) in [5.41, 5.74) is 2.26. The zero-order valence-corrected chi connectivity index (χ0v) is 18.1. The Hall–Kier alpha value is -3.85. The molecule has 0 saturated carbocycles. The van der Waals surface area contributed by atoms with E-state index in [2.05, 4.69) is 15.6 Å². The van der Waals surface area contributed by atoms with Crippen molar-refractivity contribution in [3.8, 4) is 5.75 Å². The zero-order chi connectivity index (χ0) is 24.0. The number of rotatable bonds is 10. The lowest BCUT2D eigenvalue weighted by Crippen LogP contribution is -2.53. The van der Waals surface area contributed by atoms with Crippen molar-refractivity contribution in [2.75, 3.05) is 0 Å². The molecule has 0 spiro atoms. The van der Waals surface area contributed by atoms with Gasteiger partial charge in [-0.05, 0) is 36.2 Å². The molecule has 1 heterocycles. The van der Waals surface area contributed by atoms with Gasteiger partial charge in [0.15, 0.2) is 0 Å². The second-order valence-electron chi connectivity index (χ2n) is 8.01. The first-order valence-corrected chi connectivity index (χ1v) is 10.6. The molecule has 2 amide bonds. The number of phenols is 1. The summed E-state index contributed by atoms with van der Waals surface area (Å²) in [4.78, 5) is 40.3. The van der Waals surface area contributed by atoms with Gasteiger partial charge >= 0.3 is 5.97 Å². The monoisotopic (exact) mass is 453 g/mol. The summed E-state index contributed by atoms with van der Waals surface area (Å²) in [6, 6.07) is 11.3. The van der Waals surface area contributed by atoms with Gasteiger partial charge < -0.3 is 30.9 Å². The van der Waals surface area contributed by atoms with Crippen LogP contribution in [0.5, 0.6) is 5.75 Å². The first-order chi connectivity index (χ1) is 15.7. The van der Waals surface area contributed by atoms with E-state index in [1.165, 1.54) is 19.1 Å². The SMILES string of the molecule is CC(O)CC(=O)NC(Cc1ccc(O)cc1)C(=O)NC(Cc1c[nH]c2ccccc12)C(=O)O. The third-order valence-electron chi connectivity index (χ3n) is 5.22. The molecule has 0 aliphatic heterocycles. The Morgan fingerprint density at radius 2 is 1.67 bits per heavy atom. The molecule has 0 radical (unpaired) electrons. The quantitative estimate of drug-likeness (QED) is 0.274. The van der Waals surface area contributed by atoms with E-state index in [4.69, 9.17) is 0 Å². The smallest absolute Gasteiger partial charge is 0.326 e. The van der Waals surface area contributed by atoms with Crippen LogP contribution in [0, 0.1) is 0 Å². The Labute approximate surface area is 190 Å². The maximum atomic E-state index is 13.0. The van der Waals surface area contributed by atoms with Crippen LogP contribution in [0.15, 0.2) is 54.7 Å². The molecule has 9 nitrogen and oxygen atoms in total. The topological polar surface area (TPSA) is 152 Å². The van der Waals surface area contributed by atoms with Crippen LogP contribution in [0.1, 0.15) is 24.5 Å². The Kier molecular flexibility index (Phi) is 7.68. The van der Waals surface area contributed by atoms with E-state index in [-0.39, 0.29) is 25.0 Å². The van der Waals surface area contributed by atoms with E-state index < -0.39 is 36.0 Å². The van der Waals surface area contributed by atoms with E-state index in [0.717, 1.165) is 16.5 Å². The van der Waals surface area contributed by atoms with Crippen LogP contribution in [0.2, 0.25) is 0 Å². The number of aliphatic hydroxyl groups excluding tert-OH is 1. The number of fused-ring (bicyclic) bond motifs is 1. The number of aromatic amines is 1. The summed E-state index contributed by atoms with van der Waals surface area (Å²) in [6.07, 6.45) is 0.758. The van der Waals surface area contributed by atoms with Crippen LogP contribution in [-0.4, -0.2) is 56.3 Å². The average molecular weight is 453 g/mol. The third-order valence-corrected chi connectivity index (χ3v) is 5.22. The number of amides is 2. The highest BCUT2D eigenvalue weighted by molar-refractivity contribution is 5.91. The number of carboxylic acids is 1. The maximum Gasteiger partial charge on any atom is 0.326 e. The highest BCUT2D eigenvalue weighted by atomic mass is 16.4. The van der Waals surface area contributed by atoms with Gasteiger partial charge in [0.25, 0.3) is 0 Å². The number of aromatic hydroxyl groups is 1. The third kappa shape index (κ3) is 6.56. The van der Waals surface area contributed by atoms with Crippen LogP contribution in [0.3, 0.4) is 0 Å². The van der Waals surface area contributed by atoms with Crippen molar-refractivity contribution in [3.63, 3.8) is 0 Å². The lowest BCUT2D eigenvalue weighted by Gasteiger charge is -2.22. The summed E-state index contributed by atoms with van der Waals surface area (Å²) in [5.74, 6) is -2.34. The number of aromatic nitrogens is 1. The van der Waals surface area contributed by atoms with Gasteiger partial charge in [0.05, 0.1) is 12.5 Å². The number of aliphatic hydroxyl groups is 1. The lowest BCUT2D eigenvalue weighted by molar-refractivity contribution is -0.142. The van der Waals surface area contributed by atoms with Crippen molar-refractivity contribution >= 4 is 28.7 Å². The molecule has 174 valence electrons. The number of benzene rings is 2. The number of para-hydroxylation sites is 1. The summed E-state index contributed by atoms with van der Waals surface area (Å²) >= 11 is 0. The zero-order valence-electron chi connectivity index (χ0n) is 18.1. The van der Waals surface area contributed by atoms with E-state index in [1.807, 2.05) is 24.3 Å². The van der Waals surface area contributed by atoms with Gasteiger partial charge in [0, 0.05) is 29.9 Å². The molecule has 3 rings (SSSR count). The number of hydrogen-bond acceptors (Lipinski definition) is 5. The lowest BCUT2D eigenvalue weighted by atomic mass is 10.0. The molecular weight excluding hydrogens is 426 g/mol. The van der Waals surface area contributed by atoms with Gasteiger partial charge in [-0.1, -0.05) is 30.3 Å². The molecule has 0 aliphatic rings. The molecule has 1 aromatic heterocycles. The molecule has 0 saturated heterocycles. The summed E-state index contributed by atoms with van der Waals surface area (Å²) < 4.78 is 0. The van der Waals surface area contributed by atoms with Crippen LogP contribution in [0.4, 0.5) is 0 Å². The number of phenolic OH excluding ortho intramolecular Hbond substituents is 1. The fourth-order valence-corrected chi connectivity index (χ4v) is 3.59. The number of hydrogen-bond donors (Lipinski definition) is 6. The van der Waals surface area contributed by atoms with Crippen molar-refractivity contribution in [2.45, 2.75) is 44.4 Å². The Balaban J connectivity index is 1.77. The van der Waals surface area contributed by atoms with Gasteiger partial charge in [-0.25, -0.2) is 4.79 Å². The second kappa shape index (κ2) is 10.6. The molecule has 0 aliphatic carbocycles. The van der Waals surface area contributed by atoms with Gasteiger partial charge in [-0.2, -0.15) is 0 Å². The highest BCUT2D eigenvalue weighted by Gasteiger charge is 2.28. The number of carbonyl (C=O) groups excluding carboxylic acids is 2. The molecule has 2 aromatic carbocycles. The van der Waals surface area contributed by atoms with Gasteiger partial charge in [0.1, 0.15) is 17.8 Å². The van der Waals surface area contributed by atoms with Gasteiger partial charge in [0.2, 0.25) is 11.8 Å². The first kappa shape index (κ1) is 23.8. The van der Waals surface area contributed by atoms with Crippen molar-refractivity contribution in [3.05, 3.63) is 65.9 Å². The van der Waals surface area contributed by atoms with E-state index >= 15 is 0 Å². The standard InChI is InChI=1S/C24H27N3O6/c1-14(28)10-22(30)26-20(11-15-6-8-17(29)9-7-15)23(31)27-21(24(32)33)12-16-13-25-19-5-3-2-4-18(16)19/h2-9,13-14,20-21,25,28-29H,10-12H2,1H3,(H,26,30)(H,27,31)(H,32,33).